The lowest BCUT2D eigenvalue weighted by molar-refractivity contribution is 0.245. The predicted octanol–water partition coefficient (Wildman–Crippen LogP) is 2.28. The quantitative estimate of drug-likeness (QED) is 0.730. The lowest BCUT2D eigenvalue weighted by Gasteiger charge is -2.33. The second kappa shape index (κ2) is 5.31. The van der Waals surface area contributed by atoms with Crippen molar-refractivity contribution < 1.29 is 0 Å². The molecule has 2 rings (SSSR count). The van der Waals surface area contributed by atoms with Crippen LogP contribution in [0.1, 0.15) is 51.9 Å². The van der Waals surface area contributed by atoms with Crippen molar-refractivity contribution >= 4 is 0 Å². The average Bonchev–Trinajstić information content (AvgIpc) is 3.02. The third kappa shape index (κ3) is 3.46. The fourth-order valence-corrected chi connectivity index (χ4v) is 3.00. The van der Waals surface area contributed by atoms with Gasteiger partial charge in [0, 0.05) is 12.1 Å². The van der Waals surface area contributed by atoms with Gasteiger partial charge in [0.1, 0.15) is 0 Å². The topological polar surface area (TPSA) is 38.0 Å². The van der Waals surface area contributed by atoms with Crippen LogP contribution in [0, 0.1) is 11.8 Å². The van der Waals surface area contributed by atoms with E-state index in [0.717, 1.165) is 18.4 Å². The first-order valence-corrected chi connectivity index (χ1v) is 6.75. The van der Waals surface area contributed by atoms with Crippen molar-refractivity contribution in [1.82, 2.24) is 5.32 Å². The summed E-state index contributed by atoms with van der Waals surface area (Å²) in [5.74, 6) is 1.77. The first-order chi connectivity index (χ1) is 7.29. The molecule has 88 valence electrons. The minimum atomic E-state index is 0.703. The summed E-state index contributed by atoms with van der Waals surface area (Å²) in [5.41, 5.74) is 5.84. The summed E-state index contributed by atoms with van der Waals surface area (Å²) in [5, 5.41) is 3.81. The predicted molar refractivity (Wildman–Crippen MR) is 64.7 cm³/mol. The van der Waals surface area contributed by atoms with Crippen LogP contribution in [-0.4, -0.2) is 18.6 Å². The Morgan fingerprint density at radius 1 is 1.20 bits per heavy atom. The van der Waals surface area contributed by atoms with E-state index in [1.807, 2.05) is 0 Å². The molecule has 0 amide bonds. The molecule has 2 fully saturated rings. The normalized spacial score (nSPS) is 34.0. The first-order valence-electron chi connectivity index (χ1n) is 6.75. The highest BCUT2D eigenvalue weighted by molar-refractivity contribution is 4.85. The van der Waals surface area contributed by atoms with Gasteiger partial charge in [0.15, 0.2) is 0 Å². The van der Waals surface area contributed by atoms with Crippen LogP contribution >= 0.6 is 0 Å². The number of hydrogen-bond acceptors (Lipinski definition) is 2. The van der Waals surface area contributed by atoms with Crippen molar-refractivity contribution in [2.45, 2.75) is 64.0 Å². The Morgan fingerprint density at radius 2 is 1.93 bits per heavy atom. The summed E-state index contributed by atoms with van der Waals surface area (Å²) in [6, 6.07) is 1.41. The summed E-state index contributed by atoms with van der Waals surface area (Å²) in [6.45, 7) is 3.22. The van der Waals surface area contributed by atoms with Gasteiger partial charge < -0.3 is 11.1 Å². The zero-order chi connectivity index (χ0) is 10.7. The molecule has 2 nitrogen and oxygen atoms in total. The molecule has 0 bridgehead atoms. The monoisotopic (exact) mass is 210 g/mol. The van der Waals surface area contributed by atoms with Crippen LogP contribution in [0.3, 0.4) is 0 Å². The van der Waals surface area contributed by atoms with E-state index in [4.69, 9.17) is 5.73 Å². The molecule has 15 heavy (non-hydrogen) atoms. The molecule has 0 spiro atoms. The van der Waals surface area contributed by atoms with E-state index >= 15 is 0 Å². The molecule has 0 aromatic rings. The molecule has 2 saturated carbocycles. The fourth-order valence-electron chi connectivity index (χ4n) is 3.00. The van der Waals surface area contributed by atoms with Crippen LogP contribution in [-0.2, 0) is 0 Å². The second-order valence-electron chi connectivity index (χ2n) is 5.63. The molecule has 2 heteroatoms. The number of hydrogen-bond donors (Lipinski definition) is 2. The molecule has 0 aliphatic heterocycles. The van der Waals surface area contributed by atoms with Gasteiger partial charge in [-0.05, 0) is 44.6 Å². The highest BCUT2D eigenvalue weighted by Gasteiger charge is 2.28. The Kier molecular flexibility index (Phi) is 4.04. The van der Waals surface area contributed by atoms with Gasteiger partial charge in [0.25, 0.3) is 0 Å². The van der Waals surface area contributed by atoms with Gasteiger partial charge in [0.05, 0.1) is 0 Å². The molecule has 0 heterocycles. The lowest BCUT2D eigenvalue weighted by atomic mass is 9.84. The molecule has 3 unspecified atom stereocenters. The van der Waals surface area contributed by atoms with Gasteiger partial charge in [-0.25, -0.2) is 0 Å². The van der Waals surface area contributed by atoms with E-state index < -0.39 is 0 Å². The van der Waals surface area contributed by atoms with E-state index in [1.165, 1.54) is 44.9 Å². The Morgan fingerprint density at radius 3 is 2.60 bits per heavy atom. The third-order valence-corrected chi connectivity index (χ3v) is 4.09. The summed E-state index contributed by atoms with van der Waals surface area (Å²) < 4.78 is 0. The molecule has 0 aromatic carbocycles. The van der Waals surface area contributed by atoms with E-state index in [0.29, 0.717) is 12.1 Å². The molecular formula is C13H26N2. The van der Waals surface area contributed by atoms with E-state index in [1.54, 1.807) is 0 Å². The molecule has 0 aromatic heterocycles. The largest absolute Gasteiger partial charge is 0.330 e. The molecule has 3 atom stereocenters. The smallest absolute Gasteiger partial charge is 0.0110 e. The number of nitrogens with one attached hydrogen (secondary N) is 1. The maximum absolute atomic E-state index is 5.84. The number of nitrogens with two attached hydrogens (primary N) is 1. The van der Waals surface area contributed by atoms with Crippen LogP contribution < -0.4 is 11.1 Å². The summed E-state index contributed by atoms with van der Waals surface area (Å²) in [4.78, 5) is 0. The highest BCUT2D eigenvalue weighted by Crippen LogP contribution is 2.34. The third-order valence-electron chi connectivity index (χ3n) is 4.09. The Labute approximate surface area is 94.0 Å². The molecule has 0 radical (unpaired) electrons. The highest BCUT2D eigenvalue weighted by atomic mass is 15.0. The lowest BCUT2D eigenvalue weighted by Crippen LogP contribution is -2.45. The van der Waals surface area contributed by atoms with Crippen molar-refractivity contribution in [2.75, 3.05) is 6.54 Å². The van der Waals surface area contributed by atoms with Gasteiger partial charge in [-0.2, -0.15) is 0 Å². The van der Waals surface area contributed by atoms with Crippen molar-refractivity contribution in [2.24, 2.45) is 17.6 Å². The van der Waals surface area contributed by atoms with Crippen LogP contribution in [0.2, 0.25) is 0 Å². The van der Waals surface area contributed by atoms with Gasteiger partial charge in [-0.15, -0.1) is 0 Å². The number of rotatable bonds is 5. The van der Waals surface area contributed by atoms with Gasteiger partial charge in [-0.1, -0.05) is 25.7 Å². The molecule has 3 N–H and O–H groups in total. The van der Waals surface area contributed by atoms with Crippen molar-refractivity contribution in [3.63, 3.8) is 0 Å². The van der Waals surface area contributed by atoms with Crippen LogP contribution in [0.25, 0.3) is 0 Å². The van der Waals surface area contributed by atoms with Crippen molar-refractivity contribution in [3.8, 4) is 0 Å². The SMILES string of the molecule is CC(CC1CC1)NC1CCCCC1CN. The van der Waals surface area contributed by atoms with E-state index in [-0.39, 0.29) is 0 Å². The van der Waals surface area contributed by atoms with Gasteiger partial charge in [-0.3, -0.25) is 0 Å². The zero-order valence-corrected chi connectivity index (χ0v) is 10.0. The fraction of sp³-hybridized carbons (Fsp3) is 1.00. The summed E-state index contributed by atoms with van der Waals surface area (Å²) in [6.07, 6.45) is 9.78. The summed E-state index contributed by atoms with van der Waals surface area (Å²) in [7, 11) is 0. The first kappa shape index (κ1) is 11.4. The van der Waals surface area contributed by atoms with Crippen LogP contribution in [0.4, 0.5) is 0 Å². The Balaban J connectivity index is 1.74. The van der Waals surface area contributed by atoms with Crippen LogP contribution in [0.15, 0.2) is 0 Å². The Hall–Kier alpha value is -0.0800. The van der Waals surface area contributed by atoms with E-state index in [9.17, 15) is 0 Å². The van der Waals surface area contributed by atoms with Gasteiger partial charge in [0.2, 0.25) is 0 Å². The van der Waals surface area contributed by atoms with E-state index in [2.05, 4.69) is 12.2 Å². The van der Waals surface area contributed by atoms with Crippen molar-refractivity contribution in [3.05, 3.63) is 0 Å². The molecule has 0 saturated heterocycles. The standard InChI is InChI=1S/C13H26N2/c1-10(8-11-6-7-11)15-13-5-3-2-4-12(13)9-14/h10-13,15H,2-9,14H2,1H3. The summed E-state index contributed by atoms with van der Waals surface area (Å²) >= 11 is 0. The minimum absolute atomic E-state index is 0.703. The second-order valence-corrected chi connectivity index (χ2v) is 5.63. The van der Waals surface area contributed by atoms with Crippen LogP contribution in [0.5, 0.6) is 0 Å². The molecular weight excluding hydrogens is 184 g/mol. The molecule has 2 aliphatic rings. The average molecular weight is 210 g/mol. The van der Waals surface area contributed by atoms with Gasteiger partial charge >= 0.3 is 0 Å². The minimum Gasteiger partial charge on any atom is -0.330 e. The zero-order valence-electron chi connectivity index (χ0n) is 10.0. The Bertz CT molecular complexity index is 189. The maximum Gasteiger partial charge on any atom is 0.0110 e. The van der Waals surface area contributed by atoms with Crippen molar-refractivity contribution in [1.29, 1.82) is 0 Å². The molecule has 2 aliphatic carbocycles. The maximum atomic E-state index is 5.84.